The Morgan fingerprint density at radius 1 is 0.920 bits per heavy atom. The molecule has 4 rings (SSSR count). The Hall–Kier alpha value is -3.34. The number of benzene rings is 2. The summed E-state index contributed by atoms with van der Waals surface area (Å²) >= 11 is 0. The molecule has 5 nitrogen and oxygen atoms in total. The molecule has 0 fully saturated rings. The summed E-state index contributed by atoms with van der Waals surface area (Å²) in [5.74, 6) is -0.589. The van der Waals surface area contributed by atoms with E-state index in [9.17, 15) is 14.7 Å². The van der Waals surface area contributed by atoms with Crippen molar-refractivity contribution in [1.82, 2.24) is 4.57 Å². The number of aromatic carboxylic acids is 1. The molecule has 0 saturated carbocycles. The zero-order valence-corrected chi connectivity index (χ0v) is 13.3. The number of anilines is 1. The number of aromatic nitrogens is 1. The van der Waals surface area contributed by atoms with Gasteiger partial charge in [-0.1, -0.05) is 60.7 Å². The second kappa shape index (κ2) is 5.94. The SMILES string of the molecule is O=C(O)c1cc2n(c(=O)c1)[C@@H](c1ccccc1)[C@H](c1ccccc1)N2. The minimum absolute atomic E-state index is 0.00993. The van der Waals surface area contributed by atoms with Crippen molar-refractivity contribution in [2.45, 2.75) is 12.1 Å². The highest BCUT2D eigenvalue weighted by Crippen LogP contribution is 2.41. The van der Waals surface area contributed by atoms with Crippen LogP contribution in [0.5, 0.6) is 0 Å². The molecule has 1 aliphatic rings. The molecule has 0 radical (unpaired) electrons. The molecule has 0 amide bonds. The standard InChI is InChI=1S/C20H16N2O3/c23-17-12-15(20(24)25)11-16-21-18(13-7-3-1-4-8-13)19(22(16)17)14-9-5-2-6-10-14/h1-12,18-19,21H,(H,24,25)/t18-,19-/m0/s1. The number of carboxylic acid groups (broad SMARTS) is 1. The molecule has 5 heteroatoms. The third kappa shape index (κ3) is 2.59. The van der Waals surface area contributed by atoms with E-state index in [4.69, 9.17) is 0 Å². The van der Waals surface area contributed by atoms with Crippen LogP contribution in [-0.4, -0.2) is 15.6 Å². The van der Waals surface area contributed by atoms with Crippen molar-refractivity contribution >= 4 is 11.8 Å². The van der Waals surface area contributed by atoms with E-state index in [1.165, 1.54) is 12.1 Å². The predicted molar refractivity (Wildman–Crippen MR) is 95.0 cm³/mol. The van der Waals surface area contributed by atoms with Crippen molar-refractivity contribution in [1.29, 1.82) is 0 Å². The van der Waals surface area contributed by atoms with E-state index in [-0.39, 0.29) is 23.2 Å². The molecular weight excluding hydrogens is 316 g/mol. The van der Waals surface area contributed by atoms with Crippen LogP contribution in [0.25, 0.3) is 0 Å². The molecule has 2 heterocycles. The van der Waals surface area contributed by atoms with Crippen LogP contribution in [0, 0.1) is 0 Å². The van der Waals surface area contributed by atoms with E-state index in [1.54, 1.807) is 4.57 Å². The molecule has 3 aromatic rings. The lowest BCUT2D eigenvalue weighted by Crippen LogP contribution is -2.25. The molecule has 0 bridgehead atoms. The van der Waals surface area contributed by atoms with Gasteiger partial charge < -0.3 is 10.4 Å². The van der Waals surface area contributed by atoms with Gasteiger partial charge in [0, 0.05) is 6.07 Å². The molecule has 124 valence electrons. The number of nitrogens with zero attached hydrogens (tertiary/aromatic N) is 1. The third-order valence-electron chi connectivity index (χ3n) is 4.51. The molecule has 0 saturated heterocycles. The first-order valence-electron chi connectivity index (χ1n) is 8.01. The molecule has 0 unspecified atom stereocenters. The van der Waals surface area contributed by atoms with Crippen LogP contribution in [0.4, 0.5) is 5.82 Å². The minimum atomic E-state index is -1.11. The Balaban J connectivity index is 1.91. The zero-order chi connectivity index (χ0) is 17.4. The second-order valence-electron chi connectivity index (χ2n) is 6.03. The molecule has 25 heavy (non-hydrogen) atoms. The van der Waals surface area contributed by atoms with E-state index in [0.29, 0.717) is 5.82 Å². The molecule has 2 N–H and O–H groups in total. The van der Waals surface area contributed by atoms with Crippen LogP contribution < -0.4 is 10.9 Å². The molecule has 1 aromatic heterocycles. The zero-order valence-electron chi connectivity index (χ0n) is 13.3. The van der Waals surface area contributed by atoms with Gasteiger partial charge in [-0.25, -0.2) is 4.79 Å². The lowest BCUT2D eigenvalue weighted by molar-refractivity contribution is 0.0696. The Kier molecular flexibility index (Phi) is 3.61. The number of hydrogen-bond donors (Lipinski definition) is 2. The maximum Gasteiger partial charge on any atom is 0.336 e. The molecule has 1 aliphatic heterocycles. The molecule has 0 spiro atoms. The summed E-state index contributed by atoms with van der Waals surface area (Å²) in [6.07, 6.45) is 0. The fourth-order valence-electron chi connectivity index (χ4n) is 3.41. The van der Waals surface area contributed by atoms with E-state index < -0.39 is 5.97 Å². The highest BCUT2D eigenvalue weighted by atomic mass is 16.4. The minimum Gasteiger partial charge on any atom is -0.478 e. The average Bonchev–Trinajstić information content (AvgIpc) is 3.03. The summed E-state index contributed by atoms with van der Waals surface area (Å²) in [5.41, 5.74) is 1.70. The van der Waals surface area contributed by atoms with Crippen LogP contribution in [0.15, 0.2) is 77.6 Å². The topological polar surface area (TPSA) is 71.3 Å². The fraction of sp³-hybridized carbons (Fsp3) is 0.100. The smallest absolute Gasteiger partial charge is 0.336 e. The number of pyridine rings is 1. The van der Waals surface area contributed by atoms with Crippen molar-refractivity contribution in [2.24, 2.45) is 0 Å². The maximum atomic E-state index is 12.7. The van der Waals surface area contributed by atoms with Gasteiger partial charge in [0.1, 0.15) is 5.82 Å². The van der Waals surface area contributed by atoms with Gasteiger partial charge in [0.2, 0.25) is 0 Å². The van der Waals surface area contributed by atoms with Gasteiger partial charge in [-0.2, -0.15) is 0 Å². The van der Waals surface area contributed by atoms with Gasteiger partial charge in [0.15, 0.2) is 0 Å². The number of nitrogens with one attached hydrogen (secondary N) is 1. The van der Waals surface area contributed by atoms with Gasteiger partial charge >= 0.3 is 5.97 Å². The van der Waals surface area contributed by atoms with Crippen LogP contribution in [-0.2, 0) is 0 Å². The van der Waals surface area contributed by atoms with E-state index in [1.807, 2.05) is 60.7 Å². The first-order chi connectivity index (χ1) is 12.1. The lowest BCUT2D eigenvalue weighted by Gasteiger charge is -2.21. The number of carboxylic acids is 1. The Bertz CT molecular complexity index is 981. The maximum absolute atomic E-state index is 12.7. The number of hydrogen-bond acceptors (Lipinski definition) is 3. The van der Waals surface area contributed by atoms with Crippen LogP contribution in [0.3, 0.4) is 0 Å². The summed E-state index contributed by atoms with van der Waals surface area (Å²) in [6.45, 7) is 0. The Morgan fingerprint density at radius 3 is 2.12 bits per heavy atom. The molecule has 2 atom stereocenters. The highest BCUT2D eigenvalue weighted by molar-refractivity contribution is 5.88. The number of carbonyl (C=O) groups is 1. The fourth-order valence-corrected chi connectivity index (χ4v) is 3.41. The summed E-state index contributed by atoms with van der Waals surface area (Å²) in [7, 11) is 0. The van der Waals surface area contributed by atoms with Crippen LogP contribution in [0.2, 0.25) is 0 Å². The first kappa shape index (κ1) is 15.2. The van der Waals surface area contributed by atoms with Crippen molar-refractivity contribution in [3.63, 3.8) is 0 Å². The summed E-state index contributed by atoms with van der Waals surface area (Å²) < 4.78 is 1.64. The second-order valence-corrected chi connectivity index (χ2v) is 6.03. The van der Waals surface area contributed by atoms with Crippen molar-refractivity contribution in [3.8, 4) is 0 Å². The Labute approximate surface area is 144 Å². The predicted octanol–water partition coefficient (Wildman–Crippen LogP) is 3.30. The quantitative estimate of drug-likeness (QED) is 0.772. The largest absolute Gasteiger partial charge is 0.478 e. The average molecular weight is 332 g/mol. The summed E-state index contributed by atoms with van der Waals surface area (Å²) in [6, 6.07) is 21.9. The van der Waals surface area contributed by atoms with Gasteiger partial charge in [-0.05, 0) is 17.2 Å². The summed E-state index contributed by atoms with van der Waals surface area (Å²) in [5, 5.41) is 12.6. The summed E-state index contributed by atoms with van der Waals surface area (Å²) in [4.78, 5) is 23.9. The van der Waals surface area contributed by atoms with Crippen molar-refractivity contribution in [3.05, 3.63) is 99.8 Å². The highest BCUT2D eigenvalue weighted by Gasteiger charge is 2.35. The number of rotatable bonds is 3. The number of fused-ring (bicyclic) bond motifs is 1. The van der Waals surface area contributed by atoms with E-state index >= 15 is 0 Å². The van der Waals surface area contributed by atoms with Gasteiger partial charge in [-0.3, -0.25) is 9.36 Å². The first-order valence-corrected chi connectivity index (χ1v) is 8.01. The van der Waals surface area contributed by atoms with Crippen molar-refractivity contribution < 1.29 is 9.90 Å². The van der Waals surface area contributed by atoms with E-state index in [0.717, 1.165) is 11.1 Å². The normalized spacial score (nSPS) is 18.4. The lowest BCUT2D eigenvalue weighted by atomic mass is 9.94. The molecule has 2 aromatic carbocycles. The van der Waals surface area contributed by atoms with Crippen LogP contribution >= 0.6 is 0 Å². The Morgan fingerprint density at radius 2 is 1.52 bits per heavy atom. The van der Waals surface area contributed by atoms with Gasteiger partial charge in [0.25, 0.3) is 5.56 Å². The van der Waals surface area contributed by atoms with E-state index in [2.05, 4.69) is 5.32 Å². The van der Waals surface area contributed by atoms with Gasteiger partial charge in [-0.15, -0.1) is 0 Å². The van der Waals surface area contributed by atoms with Crippen molar-refractivity contribution in [2.75, 3.05) is 5.32 Å². The molecular formula is C20H16N2O3. The molecule has 0 aliphatic carbocycles. The van der Waals surface area contributed by atoms with Crippen LogP contribution in [0.1, 0.15) is 33.6 Å². The third-order valence-corrected chi connectivity index (χ3v) is 4.51. The van der Waals surface area contributed by atoms with Gasteiger partial charge in [0.05, 0.1) is 17.6 Å². The monoisotopic (exact) mass is 332 g/mol.